The number of thioether (sulfide) groups is 1. The summed E-state index contributed by atoms with van der Waals surface area (Å²) >= 11 is 7.74. The van der Waals surface area contributed by atoms with E-state index in [1.165, 1.54) is 0 Å². The van der Waals surface area contributed by atoms with Crippen LogP contribution in [0, 0.1) is 0 Å². The smallest absolute Gasteiger partial charge is 0.261 e. The maximum Gasteiger partial charge on any atom is 0.261 e. The van der Waals surface area contributed by atoms with Crippen LogP contribution in [0.4, 0.5) is 0 Å². The van der Waals surface area contributed by atoms with Crippen molar-refractivity contribution in [2.24, 2.45) is 0 Å². The van der Waals surface area contributed by atoms with E-state index < -0.39 is 6.10 Å². The van der Waals surface area contributed by atoms with Crippen LogP contribution in [0.3, 0.4) is 0 Å². The molecule has 0 saturated heterocycles. The first-order chi connectivity index (χ1) is 9.81. The fourth-order valence-corrected chi connectivity index (χ4v) is 2.67. The maximum absolute atomic E-state index is 12.1. The number of benzene rings is 1. The Morgan fingerprint density at radius 2 is 2.14 bits per heavy atom. The van der Waals surface area contributed by atoms with Gasteiger partial charge in [-0.3, -0.25) is 4.79 Å². The minimum absolute atomic E-state index is 0.0769. The van der Waals surface area contributed by atoms with Crippen LogP contribution in [0.15, 0.2) is 24.3 Å². The quantitative estimate of drug-likeness (QED) is 0.764. The van der Waals surface area contributed by atoms with Crippen molar-refractivity contribution in [1.82, 2.24) is 5.32 Å². The van der Waals surface area contributed by atoms with E-state index in [0.29, 0.717) is 23.7 Å². The molecule has 0 aliphatic carbocycles. The summed E-state index contributed by atoms with van der Waals surface area (Å²) in [6, 6.07) is 7.10. The van der Waals surface area contributed by atoms with E-state index >= 15 is 0 Å². The van der Waals surface area contributed by atoms with Crippen LogP contribution < -0.4 is 10.1 Å². The van der Waals surface area contributed by atoms with Gasteiger partial charge in [-0.05, 0) is 24.6 Å². The normalized spacial score (nSPS) is 12.8. The van der Waals surface area contributed by atoms with Gasteiger partial charge < -0.3 is 10.1 Å². The molecule has 0 spiro atoms. The SMILES string of the molecule is CC[C@@H](Oc1cccc(Cl)c1)C(=O)NCCSC(C)(C)C. The third-order valence-corrected chi connectivity index (χ3v) is 4.18. The molecule has 1 aromatic carbocycles. The van der Waals surface area contributed by atoms with Crippen LogP contribution in [-0.2, 0) is 4.79 Å². The van der Waals surface area contributed by atoms with Gasteiger partial charge in [0, 0.05) is 22.1 Å². The van der Waals surface area contributed by atoms with Gasteiger partial charge in [-0.15, -0.1) is 0 Å². The largest absolute Gasteiger partial charge is 0.481 e. The molecule has 21 heavy (non-hydrogen) atoms. The number of hydrogen-bond acceptors (Lipinski definition) is 3. The van der Waals surface area contributed by atoms with Gasteiger partial charge >= 0.3 is 0 Å². The van der Waals surface area contributed by atoms with Gasteiger partial charge in [-0.1, -0.05) is 45.4 Å². The van der Waals surface area contributed by atoms with Crippen molar-refractivity contribution in [3.8, 4) is 5.75 Å². The zero-order valence-electron chi connectivity index (χ0n) is 13.1. The van der Waals surface area contributed by atoms with Crippen LogP contribution in [0.2, 0.25) is 5.02 Å². The first-order valence-electron chi connectivity index (χ1n) is 7.15. The lowest BCUT2D eigenvalue weighted by atomic mass is 10.2. The first-order valence-corrected chi connectivity index (χ1v) is 8.52. The molecule has 1 N–H and O–H groups in total. The summed E-state index contributed by atoms with van der Waals surface area (Å²) in [6.07, 6.45) is 0.133. The number of amides is 1. The van der Waals surface area contributed by atoms with E-state index in [-0.39, 0.29) is 10.7 Å². The summed E-state index contributed by atoms with van der Waals surface area (Å²) in [4.78, 5) is 12.1. The van der Waals surface area contributed by atoms with Crippen LogP contribution in [0.5, 0.6) is 5.75 Å². The molecule has 1 amide bonds. The number of hydrogen-bond donors (Lipinski definition) is 1. The molecule has 1 atom stereocenters. The zero-order valence-corrected chi connectivity index (χ0v) is 14.7. The van der Waals surface area contributed by atoms with Gasteiger partial charge in [-0.2, -0.15) is 11.8 Å². The Labute approximate surface area is 136 Å². The van der Waals surface area contributed by atoms with Crippen molar-refractivity contribution >= 4 is 29.3 Å². The maximum atomic E-state index is 12.1. The standard InChI is InChI=1S/C16H24ClNO2S/c1-5-14(20-13-8-6-7-12(17)11-13)15(19)18-9-10-21-16(2,3)4/h6-8,11,14H,5,9-10H2,1-4H3,(H,18,19)/t14-/m1/s1. The number of nitrogens with one attached hydrogen (secondary N) is 1. The van der Waals surface area contributed by atoms with Gasteiger partial charge in [0.1, 0.15) is 5.75 Å². The number of ether oxygens (including phenoxy) is 1. The summed E-state index contributed by atoms with van der Waals surface area (Å²) in [5.41, 5.74) is 0. The molecule has 0 unspecified atom stereocenters. The van der Waals surface area contributed by atoms with Crippen LogP contribution in [0.25, 0.3) is 0 Å². The number of carbonyl (C=O) groups excluding carboxylic acids is 1. The molecule has 118 valence electrons. The summed E-state index contributed by atoms with van der Waals surface area (Å²) in [5.74, 6) is 1.43. The second kappa shape index (κ2) is 8.54. The third-order valence-electron chi connectivity index (χ3n) is 2.67. The molecule has 1 aromatic rings. The van der Waals surface area contributed by atoms with Crippen LogP contribution >= 0.6 is 23.4 Å². The summed E-state index contributed by atoms with van der Waals surface area (Å²) in [5, 5.41) is 3.52. The highest BCUT2D eigenvalue weighted by Crippen LogP contribution is 2.22. The second-order valence-corrected chi connectivity index (χ2v) is 8.08. The Morgan fingerprint density at radius 3 is 2.71 bits per heavy atom. The lowest BCUT2D eigenvalue weighted by Gasteiger charge is -2.19. The molecule has 0 fully saturated rings. The molecular weight excluding hydrogens is 306 g/mol. The minimum atomic E-state index is -0.483. The predicted octanol–water partition coefficient (Wildman–Crippen LogP) is 4.15. The summed E-state index contributed by atoms with van der Waals surface area (Å²) < 4.78 is 5.92. The van der Waals surface area contributed by atoms with Gasteiger partial charge in [0.25, 0.3) is 5.91 Å². The molecule has 0 saturated carbocycles. The highest BCUT2D eigenvalue weighted by Gasteiger charge is 2.18. The van der Waals surface area contributed by atoms with E-state index in [2.05, 4.69) is 26.1 Å². The Kier molecular flexibility index (Phi) is 7.40. The molecule has 1 rings (SSSR count). The Morgan fingerprint density at radius 1 is 1.43 bits per heavy atom. The molecular formula is C16H24ClNO2S. The van der Waals surface area contributed by atoms with E-state index in [1.807, 2.05) is 24.8 Å². The van der Waals surface area contributed by atoms with Gasteiger partial charge in [0.15, 0.2) is 6.10 Å². The van der Waals surface area contributed by atoms with E-state index in [1.54, 1.807) is 18.2 Å². The van der Waals surface area contributed by atoms with E-state index in [0.717, 1.165) is 5.75 Å². The molecule has 3 nitrogen and oxygen atoms in total. The van der Waals surface area contributed by atoms with Crippen LogP contribution in [-0.4, -0.2) is 29.1 Å². The fraction of sp³-hybridized carbons (Fsp3) is 0.562. The number of halogens is 1. The molecule has 0 radical (unpaired) electrons. The highest BCUT2D eigenvalue weighted by atomic mass is 35.5. The lowest BCUT2D eigenvalue weighted by molar-refractivity contribution is -0.127. The van der Waals surface area contributed by atoms with Crippen molar-refractivity contribution in [2.45, 2.75) is 45.0 Å². The first kappa shape index (κ1) is 18.2. The van der Waals surface area contributed by atoms with Crippen LogP contribution in [0.1, 0.15) is 34.1 Å². The Bertz CT molecular complexity index is 460. The van der Waals surface area contributed by atoms with Crippen molar-refractivity contribution < 1.29 is 9.53 Å². The minimum Gasteiger partial charge on any atom is -0.481 e. The Hall–Kier alpha value is -0.870. The van der Waals surface area contributed by atoms with E-state index in [4.69, 9.17) is 16.3 Å². The zero-order chi connectivity index (χ0) is 15.9. The molecule has 0 aliphatic heterocycles. The highest BCUT2D eigenvalue weighted by molar-refractivity contribution is 8.00. The molecule has 0 aliphatic rings. The molecule has 5 heteroatoms. The number of rotatable bonds is 7. The topological polar surface area (TPSA) is 38.3 Å². The number of carbonyl (C=O) groups is 1. The fourth-order valence-electron chi connectivity index (χ4n) is 1.67. The van der Waals surface area contributed by atoms with Crippen molar-refractivity contribution in [1.29, 1.82) is 0 Å². The summed E-state index contributed by atoms with van der Waals surface area (Å²) in [7, 11) is 0. The van der Waals surface area contributed by atoms with Gasteiger partial charge in [0.05, 0.1) is 0 Å². The van der Waals surface area contributed by atoms with Crippen molar-refractivity contribution in [3.05, 3.63) is 29.3 Å². The third kappa shape index (κ3) is 7.63. The van der Waals surface area contributed by atoms with E-state index in [9.17, 15) is 4.79 Å². The monoisotopic (exact) mass is 329 g/mol. The molecule has 0 bridgehead atoms. The van der Waals surface area contributed by atoms with Crippen molar-refractivity contribution in [2.75, 3.05) is 12.3 Å². The average molecular weight is 330 g/mol. The van der Waals surface area contributed by atoms with Gasteiger partial charge in [-0.25, -0.2) is 0 Å². The Balaban J connectivity index is 2.43. The van der Waals surface area contributed by atoms with Gasteiger partial charge in [0.2, 0.25) is 0 Å². The molecule has 0 aromatic heterocycles. The summed E-state index contributed by atoms with van der Waals surface area (Å²) in [6.45, 7) is 9.07. The lowest BCUT2D eigenvalue weighted by Crippen LogP contribution is -2.39. The molecule has 0 heterocycles. The second-order valence-electron chi connectivity index (χ2n) is 5.72. The average Bonchev–Trinajstić information content (AvgIpc) is 2.39. The van der Waals surface area contributed by atoms with Crippen molar-refractivity contribution in [3.63, 3.8) is 0 Å². The predicted molar refractivity (Wildman–Crippen MR) is 91.4 cm³/mol.